The SMILES string of the molecule is CC1CCC(=O)NC1C(=O)N[C@@H](Cc1ccccc1)C(=O)N1CCC[C@H]1C(N)=O. The molecule has 0 bridgehead atoms. The van der Waals surface area contributed by atoms with Gasteiger partial charge >= 0.3 is 0 Å². The van der Waals surface area contributed by atoms with E-state index in [1.165, 1.54) is 4.90 Å². The molecule has 2 heterocycles. The predicted molar refractivity (Wildman–Crippen MR) is 106 cm³/mol. The molecule has 0 aromatic heterocycles. The number of carbonyl (C=O) groups excluding carboxylic acids is 4. The first-order chi connectivity index (χ1) is 13.9. The molecular formula is C21H28N4O4. The van der Waals surface area contributed by atoms with Gasteiger partial charge in [-0.2, -0.15) is 0 Å². The minimum atomic E-state index is -0.837. The second-order valence-electron chi connectivity index (χ2n) is 7.90. The number of nitrogens with two attached hydrogens (primary N) is 1. The molecular weight excluding hydrogens is 372 g/mol. The van der Waals surface area contributed by atoms with Gasteiger partial charge in [0, 0.05) is 19.4 Å². The van der Waals surface area contributed by atoms with Crippen LogP contribution < -0.4 is 16.4 Å². The average molecular weight is 400 g/mol. The number of nitrogens with one attached hydrogen (secondary N) is 2. The maximum absolute atomic E-state index is 13.2. The zero-order chi connectivity index (χ0) is 21.0. The number of hydrogen-bond acceptors (Lipinski definition) is 4. The summed E-state index contributed by atoms with van der Waals surface area (Å²) < 4.78 is 0. The molecule has 0 aliphatic carbocycles. The summed E-state index contributed by atoms with van der Waals surface area (Å²) in [6.07, 6.45) is 2.54. The molecule has 2 unspecified atom stereocenters. The van der Waals surface area contributed by atoms with Crippen molar-refractivity contribution in [3.05, 3.63) is 35.9 Å². The molecule has 29 heavy (non-hydrogen) atoms. The first-order valence-corrected chi connectivity index (χ1v) is 10.1. The van der Waals surface area contributed by atoms with E-state index in [0.717, 1.165) is 5.56 Å². The lowest BCUT2D eigenvalue weighted by atomic mass is 9.91. The van der Waals surface area contributed by atoms with Crippen LogP contribution in [-0.2, 0) is 25.6 Å². The van der Waals surface area contributed by atoms with Gasteiger partial charge in [-0.15, -0.1) is 0 Å². The van der Waals surface area contributed by atoms with Crippen LogP contribution in [0.25, 0.3) is 0 Å². The van der Waals surface area contributed by atoms with Crippen LogP contribution in [0.3, 0.4) is 0 Å². The van der Waals surface area contributed by atoms with Gasteiger partial charge in [-0.3, -0.25) is 19.2 Å². The normalized spacial score (nSPS) is 25.2. The van der Waals surface area contributed by atoms with E-state index < -0.39 is 24.0 Å². The number of likely N-dealkylation sites (tertiary alicyclic amines) is 1. The van der Waals surface area contributed by atoms with Gasteiger partial charge in [0.15, 0.2) is 0 Å². The highest BCUT2D eigenvalue weighted by molar-refractivity contribution is 5.95. The third-order valence-electron chi connectivity index (χ3n) is 5.76. The van der Waals surface area contributed by atoms with Crippen molar-refractivity contribution in [2.45, 2.75) is 57.2 Å². The van der Waals surface area contributed by atoms with Crippen LogP contribution in [0, 0.1) is 5.92 Å². The van der Waals surface area contributed by atoms with Crippen LogP contribution in [0.15, 0.2) is 30.3 Å². The summed E-state index contributed by atoms with van der Waals surface area (Å²) in [6, 6.07) is 7.21. The Balaban J connectivity index is 1.79. The molecule has 2 aliphatic rings. The molecule has 8 heteroatoms. The minimum Gasteiger partial charge on any atom is -0.368 e. The van der Waals surface area contributed by atoms with Gasteiger partial charge in [0.2, 0.25) is 23.6 Å². The lowest BCUT2D eigenvalue weighted by Crippen LogP contribution is -2.59. The molecule has 1 aromatic rings. The number of carbonyl (C=O) groups is 4. The highest BCUT2D eigenvalue weighted by atomic mass is 16.2. The van der Waals surface area contributed by atoms with Gasteiger partial charge in [-0.1, -0.05) is 37.3 Å². The molecule has 0 saturated carbocycles. The molecule has 2 fully saturated rings. The summed E-state index contributed by atoms with van der Waals surface area (Å²) >= 11 is 0. The maximum Gasteiger partial charge on any atom is 0.246 e. The number of primary amides is 1. The highest BCUT2D eigenvalue weighted by Crippen LogP contribution is 2.20. The van der Waals surface area contributed by atoms with Crippen molar-refractivity contribution < 1.29 is 19.2 Å². The largest absolute Gasteiger partial charge is 0.368 e. The fourth-order valence-electron chi connectivity index (χ4n) is 4.08. The monoisotopic (exact) mass is 400 g/mol. The number of amides is 4. The van der Waals surface area contributed by atoms with E-state index in [1.807, 2.05) is 37.3 Å². The molecule has 8 nitrogen and oxygen atoms in total. The summed E-state index contributed by atoms with van der Waals surface area (Å²) in [5.41, 5.74) is 6.35. The summed E-state index contributed by atoms with van der Waals surface area (Å²) in [5, 5.41) is 5.55. The van der Waals surface area contributed by atoms with Crippen molar-refractivity contribution in [1.29, 1.82) is 0 Å². The molecule has 1 aromatic carbocycles. The van der Waals surface area contributed by atoms with Gasteiger partial charge < -0.3 is 21.3 Å². The third kappa shape index (κ3) is 4.93. The molecule has 2 saturated heterocycles. The van der Waals surface area contributed by atoms with E-state index in [2.05, 4.69) is 10.6 Å². The molecule has 0 spiro atoms. The zero-order valence-electron chi connectivity index (χ0n) is 16.6. The standard InChI is InChI=1S/C21H28N4O4/c1-13-9-10-17(26)24-18(13)20(28)23-15(12-14-6-3-2-4-7-14)21(29)25-11-5-8-16(25)19(22)27/h2-4,6-7,13,15-16,18H,5,8-12H2,1H3,(H2,22,27)(H,23,28)(H,24,26)/t13?,15-,16-,18?/m0/s1. The summed E-state index contributed by atoms with van der Waals surface area (Å²) in [6.45, 7) is 2.34. The van der Waals surface area contributed by atoms with E-state index in [-0.39, 0.29) is 23.6 Å². The van der Waals surface area contributed by atoms with Crippen LogP contribution in [0.1, 0.15) is 38.2 Å². The topological polar surface area (TPSA) is 122 Å². The quantitative estimate of drug-likeness (QED) is 0.627. The van der Waals surface area contributed by atoms with E-state index in [9.17, 15) is 19.2 Å². The second-order valence-corrected chi connectivity index (χ2v) is 7.90. The molecule has 4 amide bonds. The minimum absolute atomic E-state index is 0.0228. The van der Waals surface area contributed by atoms with Gasteiger partial charge in [-0.05, 0) is 30.7 Å². The van der Waals surface area contributed by atoms with Crippen LogP contribution in [0.5, 0.6) is 0 Å². The van der Waals surface area contributed by atoms with Crippen molar-refractivity contribution in [2.24, 2.45) is 11.7 Å². The zero-order valence-corrected chi connectivity index (χ0v) is 16.6. The Morgan fingerprint density at radius 1 is 1.24 bits per heavy atom. The third-order valence-corrected chi connectivity index (χ3v) is 5.76. The van der Waals surface area contributed by atoms with Crippen molar-refractivity contribution in [2.75, 3.05) is 6.54 Å². The number of nitrogens with zero attached hydrogens (tertiary/aromatic N) is 1. The van der Waals surface area contributed by atoms with Crippen LogP contribution in [-0.4, -0.2) is 53.2 Å². The average Bonchev–Trinajstić information content (AvgIpc) is 3.19. The Labute approximate surface area is 170 Å². The number of benzene rings is 1. The van der Waals surface area contributed by atoms with Gasteiger partial charge in [0.1, 0.15) is 18.1 Å². The van der Waals surface area contributed by atoms with Crippen molar-refractivity contribution in [1.82, 2.24) is 15.5 Å². The second kappa shape index (κ2) is 9.07. The summed E-state index contributed by atoms with van der Waals surface area (Å²) in [7, 11) is 0. The molecule has 4 N–H and O–H groups in total. The first-order valence-electron chi connectivity index (χ1n) is 10.1. The molecule has 3 rings (SSSR count). The van der Waals surface area contributed by atoms with Crippen LogP contribution >= 0.6 is 0 Å². The Bertz CT molecular complexity index is 782. The van der Waals surface area contributed by atoms with Crippen molar-refractivity contribution in [3.8, 4) is 0 Å². The lowest BCUT2D eigenvalue weighted by Gasteiger charge is -2.32. The van der Waals surface area contributed by atoms with Gasteiger partial charge in [0.05, 0.1) is 0 Å². The van der Waals surface area contributed by atoms with Crippen LogP contribution in [0.4, 0.5) is 0 Å². The van der Waals surface area contributed by atoms with Crippen molar-refractivity contribution >= 4 is 23.6 Å². The van der Waals surface area contributed by atoms with E-state index in [1.54, 1.807) is 0 Å². The Hall–Kier alpha value is -2.90. The van der Waals surface area contributed by atoms with Gasteiger partial charge in [0.25, 0.3) is 0 Å². The van der Waals surface area contributed by atoms with Gasteiger partial charge in [-0.25, -0.2) is 0 Å². The molecule has 4 atom stereocenters. The van der Waals surface area contributed by atoms with Crippen LogP contribution in [0.2, 0.25) is 0 Å². The Kier molecular flexibility index (Phi) is 6.51. The molecule has 0 radical (unpaired) electrons. The predicted octanol–water partition coefficient (Wildman–Crippen LogP) is 0.105. The summed E-state index contributed by atoms with van der Waals surface area (Å²) in [5.74, 6) is -1.42. The molecule has 2 aliphatic heterocycles. The maximum atomic E-state index is 13.2. The van der Waals surface area contributed by atoms with Crippen molar-refractivity contribution in [3.63, 3.8) is 0 Å². The number of piperidine rings is 1. The Morgan fingerprint density at radius 2 is 1.97 bits per heavy atom. The smallest absolute Gasteiger partial charge is 0.246 e. The number of hydrogen-bond donors (Lipinski definition) is 3. The highest BCUT2D eigenvalue weighted by Gasteiger charge is 2.38. The lowest BCUT2D eigenvalue weighted by molar-refractivity contribution is -0.141. The number of rotatable bonds is 6. The fourth-order valence-corrected chi connectivity index (χ4v) is 4.08. The summed E-state index contributed by atoms with van der Waals surface area (Å²) in [4.78, 5) is 51.1. The van der Waals surface area contributed by atoms with E-state index in [4.69, 9.17) is 5.73 Å². The van der Waals surface area contributed by atoms with E-state index in [0.29, 0.717) is 38.6 Å². The van der Waals surface area contributed by atoms with E-state index >= 15 is 0 Å². The fraction of sp³-hybridized carbons (Fsp3) is 0.524. The first kappa shape index (κ1) is 20.8. The molecule has 156 valence electrons. The Morgan fingerprint density at radius 3 is 2.66 bits per heavy atom.